The van der Waals surface area contributed by atoms with Gasteiger partial charge in [0.1, 0.15) is 0 Å². The molecule has 2 N–H and O–H groups in total. The standard InChI is InChI=1S/C19H15ClF6N2O/c1-17(6-7-17)16(29)28-11-3-5-15(13(9-11)19(24,25)26)27-10-2-4-14(20)12(8-10)18(21,22)23/h2-5,8-9,27H,6-7H2,1H3,(H,28,29). The molecule has 0 radical (unpaired) electrons. The van der Waals surface area contributed by atoms with E-state index in [0.717, 1.165) is 24.3 Å². The minimum absolute atomic E-state index is 0.0481. The van der Waals surface area contributed by atoms with E-state index in [1.807, 2.05) is 0 Å². The molecule has 3 nitrogen and oxygen atoms in total. The van der Waals surface area contributed by atoms with E-state index in [2.05, 4.69) is 10.6 Å². The second-order valence-electron chi connectivity index (χ2n) is 7.09. The number of carbonyl (C=O) groups is 1. The first-order chi connectivity index (χ1) is 13.3. The highest BCUT2D eigenvalue weighted by Crippen LogP contribution is 2.46. The maximum absolute atomic E-state index is 13.5. The van der Waals surface area contributed by atoms with Gasteiger partial charge >= 0.3 is 12.4 Å². The largest absolute Gasteiger partial charge is 0.418 e. The second kappa shape index (κ2) is 7.12. The van der Waals surface area contributed by atoms with Gasteiger partial charge in [-0.15, -0.1) is 0 Å². The van der Waals surface area contributed by atoms with Crippen molar-refractivity contribution < 1.29 is 31.1 Å². The van der Waals surface area contributed by atoms with Crippen LogP contribution in [0.1, 0.15) is 30.9 Å². The summed E-state index contributed by atoms with van der Waals surface area (Å²) in [5.74, 6) is -0.376. The zero-order valence-corrected chi connectivity index (χ0v) is 15.7. The van der Waals surface area contributed by atoms with E-state index in [1.165, 1.54) is 6.07 Å². The van der Waals surface area contributed by atoms with Crippen LogP contribution in [-0.2, 0) is 17.1 Å². The molecule has 1 amide bonds. The Morgan fingerprint density at radius 3 is 2.03 bits per heavy atom. The molecule has 0 unspecified atom stereocenters. The van der Waals surface area contributed by atoms with Gasteiger partial charge in [-0.3, -0.25) is 4.79 Å². The quantitative estimate of drug-likeness (QED) is 0.514. The van der Waals surface area contributed by atoms with E-state index < -0.39 is 39.6 Å². The molecule has 1 aliphatic rings. The van der Waals surface area contributed by atoms with Gasteiger partial charge in [-0.2, -0.15) is 26.3 Å². The van der Waals surface area contributed by atoms with Crippen molar-refractivity contribution in [3.8, 4) is 0 Å². The van der Waals surface area contributed by atoms with E-state index in [0.29, 0.717) is 18.9 Å². The number of rotatable bonds is 4. The predicted molar refractivity (Wildman–Crippen MR) is 97.2 cm³/mol. The van der Waals surface area contributed by atoms with E-state index in [9.17, 15) is 31.1 Å². The molecular weight excluding hydrogens is 422 g/mol. The molecule has 2 aromatic rings. The number of anilines is 3. The van der Waals surface area contributed by atoms with Crippen LogP contribution in [-0.4, -0.2) is 5.91 Å². The Kier molecular flexibility index (Phi) is 5.23. The predicted octanol–water partition coefficient (Wildman–Crippen LogP) is 6.86. The fourth-order valence-corrected chi connectivity index (χ4v) is 2.86. The van der Waals surface area contributed by atoms with Crippen LogP contribution in [0, 0.1) is 5.41 Å². The topological polar surface area (TPSA) is 41.1 Å². The number of alkyl halides is 6. The first-order valence-corrected chi connectivity index (χ1v) is 8.84. The Labute approximate surface area is 167 Å². The lowest BCUT2D eigenvalue weighted by Gasteiger charge is -2.18. The molecule has 0 aromatic heterocycles. The third-order valence-electron chi connectivity index (χ3n) is 4.68. The van der Waals surface area contributed by atoms with Gasteiger partial charge in [0.15, 0.2) is 0 Å². The first-order valence-electron chi connectivity index (χ1n) is 8.46. The number of nitrogens with one attached hydrogen (secondary N) is 2. The molecule has 0 spiro atoms. The van der Waals surface area contributed by atoms with Crippen LogP contribution >= 0.6 is 11.6 Å². The summed E-state index contributed by atoms with van der Waals surface area (Å²) >= 11 is 5.53. The van der Waals surface area contributed by atoms with Gasteiger partial charge in [-0.1, -0.05) is 18.5 Å². The average molecular weight is 437 g/mol. The van der Waals surface area contributed by atoms with Crippen molar-refractivity contribution >= 4 is 34.6 Å². The summed E-state index contributed by atoms with van der Waals surface area (Å²) in [4.78, 5) is 12.1. The highest BCUT2D eigenvalue weighted by Gasteiger charge is 2.45. The number of halogens is 7. The summed E-state index contributed by atoms with van der Waals surface area (Å²) in [7, 11) is 0. The maximum Gasteiger partial charge on any atom is 0.418 e. The van der Waals surface area contributed by atoms with Gasteiger partial charge in [-0.05, 0) is 49.2 Å². The molecule has 2 aromatic carbocycles. The molecule has 0 heterocycles. The zero-order valence-electron chi connectivity index (χ0n) is 14.9. The molecule has 0 aliphatic heterocycles. The van der Waals surface area contributed by atoms with Crippen molar-refractivity contribution in [2.24, 2.45) is 5.41 Å². The fraction of sp³-hybridized carbons (Fsp3) is 0.316. The Morgan fingerprint density at radius 2 is 1.48 bits per heavy atom. The smallest absolute Gasteiger partial charge is 0.355 e. The van der Waals surface area contributed by atoms with Crippen LogP contribution in [0.4, 0.5) is 43.4 Å². The van der Waals surface area contributed by atoms with Crippen molar-refractivity contribution in [2.75, 3.05) is 10.6 Å². The SMILES string of the molecule is CC1(C(=O)Nc2ccc(Nc3ccc(Cl)c(C(F)(F)F)c3)c(C(F)(F)F)c2)CC1. The number of hydrogen-bond donors (Lipinski definition) is 2. The Balaban J connectivity index is 1.92. The molecule has 0 saturated heterocycles. The van der Waals surface area contributed by atoms with Crippen molar-refractivity contribution in [3.05, 3.63) is 52.5 Å². The summed E-state index contributed by atoms with van der Waals surface area (Å²) in [6.45, 7) is 1.71. The minimum Gasteiger partial charge on any atom is -0.355 e. The fourth-order valence-electron chi connectivity index (χ4n) is 2.64. The lowest BCUT2D eigenvalue weighted by molar-refractivity contribution is -0.138. The Bertz CT molecular complexity index is 951. The van der Waals surface area contributed by atoms with Crippen molar-refractivity contribution in [1.82, 2.24) is 0 Å². The second-order valence-corrected chi connectivity index (χ2v) is 7.50. The lowest BCUT2D eigenvalue weighted by Crippen LogP contribution is -2.21. The molecule has 10 heteroatoms. The average Bonchev–Trinajstić information content (AvgIpc) is 3.35. The van der Waals surface area contributed by atoms with E-state index >= 15 is 0 Å². The Morgan fingerprint density at radius 1 is 0.931 bits per heavy atom. The normalized spacial score (nSPS) is 15.7. The van der Waals surface area contributed by atoms with Crippen LogP contribution in [0.15, 0.2) is 36.4 Å². The van der Waals surface area contributed by atoms with E-state index in [1.54, 1.807) is 6.92 Å². The van der Waals surface area contributed by atoms with Crippen molar-refractivity contribution in [1.29, 1.82) is 0 Å². The molecular formula is C19H15ClF6N2O. The van der Waals surface area contributed by atoms with Gasteiger partial charge in [0.2, 0.25) is 5.91 Å². The number of amides is 1. The van der Waals surface area contributed by atoms with Gasteiger partial charge in [0.05, 0.1) is 21.8 Å². The number of carbonyl (C=O) groups excluding carboxylic acids is 1. The molecule has 0 bridgehead atoms. The molecule has 1 fully saturated rings. The van der Waals surface area contributed by atoms with Gasteiger partial charge in [0.25, 0.3) is 0 Å². The summed E-state index contributed by atoms with van der Waals surface area (Å²) < 4.78 is 79.4. The molecule has 1 saturated carbocycles. The van der Waals surface area contributed by atoms with Crippen LogP contribution in [0.2, 0.25) is 5.02 Å². The van der Waals surface area contributed by atoms with Crippen LogP contribution in [0.3, 0.4) is 0 Å². The molecule has 1 aliphatic carbocycles. The third kappa shape index (κ3) is 4.77. The third-order valence-corrected chi connectivity index (χ3v) is 5.01. The highest BCUT2D eigenvalue weighted by molar-refractivity contribution is 6.31. The van der Waals surface area contributed by atoms with Gasteiger partial charge in [-0.25, -0.2) is 0 Å². The maximum atomic E-state index is 13.5. The van der Waals surface area contributed by atoms with Crippen LogP contribution < -0.4 is 10.6 Å². The summed E-state index contributed by atoms with van der Waals surface area (Å²) in [6.07, 6.45) is -8.24. The number of hydrogen-bond acceptors (Lipinski definition) is 2. The monoisotopic (exact) mass is 436 g/mol. The molecule has 0 atom stereocenters. The zero-order chi connectivity index (χ0) is 21.6. The van der Waals surface area contributed by atoms with Crippen LogP contribution in [0.5, 0.6) is 0 Å². The summed E-state index contributed by atoms with van der Waals surface area (Å²) in [5, 5.41) is 4.24. The summed E-state index contributed by atoms with van der Waals surface area (Å²) in [6, 6.07) is 5.77. The minimum atomic E-state index is -4.80. The van der Waals surface area contributed by atoms with Gasteiger partial charge in [0, 0.05) is 16.8 Å². The first kappa shape index (κ1) is 21.3. The van der Waals surface area contributed by atoms with Crippen LogP contribution in [0.25, 0.3) is 0 Å². The van der Waals surface area contributed by atoms with Gasteiger partial charge < -0.3 is 10.6 Å². The lowest BCUT2D eigenvalue weighted by atomic mass is 10.1. The molecule has 3 rings (SSSR count). The highest BCUT2D eigenvalue weighted by atomic mass is 35.5. The van der Waals surface area contributed by atoms with Crippen molar-refractivity contribution in [3.63, 3.8) is 0 Å². The Hall–Kier alpha value is -2.42. The molecule has 29 heavy (non-hydrogen) atoms. The summed E-state index contributed by atoms with van der Waals surface area (Å²) in [5.41, 5.74) is -3.59. The number of benzene rings is 2. The van der Waals surface area contributed by atoms with E-state index in [-0.39, 0.29) is 17.3 Å². The van der Waals surface area contributed by atoms with E-state index in [4.69, 9.17) is 11.6 Å². The molecule has 156 valence electrons. The van der Waals surface area contributed by atoms with Crippen molar-refractivity contribution in [2.45, 2.75) is 32.1 Å².